The quantitative estimate of drug-likeness (QED) is 0.410. The van der Waals surface area contributed by atoms with Crippen molar-refractivity contribution in [3.05, 3.63) is 35.9 Å². The van der Waals surface area contributed by atoms with Crippen LogP contribution >= 0.6 is 0 Å². The van der Waals surface area contributed by atoms with E-state index in [-0.39, 0.29) is 12.0 Å². The molecule has 0 saturated heterocycles. The minimum atomic E-state index is -6.84. The van der Waals surface area contributed by atoms with Crippen LogP contribution in [0.3, 0.4) is 0 Å². The Morgan fingerprint density at radius 2 is 1.37 bits per heavy atom. The van der Waals surface area contributed by atoms with Gasteiger partial charge in [0, 0.05) is 6.42 Å². The van der Waals surface area contributed by atoms with Crippen molar-refractivity contribution in [1.29, 1.82) is 0 Å². The van der Waals surface area contributed by atoms with Crippen molar-refractivity contribution in [2.45, 2.75) is 48.4 Å². The summed E-state index contributed by atoms with van der Waals surface area (Å²) in [6.07, 6.45) is -3.59. The van der Waals surface area contributed by atoms with Crippen LogP contribution in [0.5, 0.6) is 0 Å². The van der Waals surface area contributed by atoms with Gasteiger partial charge in [0.2, 0.25) is 0 Å². The summed E-state index contributed by atoms with van der Waals surface area (Å²) in [5.41, 5.74) is -12.8. The van der Waals surface area contributed by atoms with Gasteiger partial charge in [0.15, 0.2) is 4.58 Å². The van der Waals surface area contributed by atoms with Crippen LogP contribution in [-0.4, -0.2) is 38.4 Å². The van der Waals surface area contributed by atoms with Crippen LogP contribution < -0.4 is 0 Å². The van der Waals surface area contributed by atoms with Crippen molar-refractivity contribution < 1.29 is 52.7 Å². The van der Waals surface area contributed by atoms with E-state index in [2.05, 4.69) is 0 Å². The Morgan fingerprint density at radius 3 is 1.73 bits per heavy atom. The number of hydrogen-bond donors (Lipinski definition) is 0. The third-order valence-corrected chi connectivity index (χ3v) is 8.77. The summed E-state index contributed by atoms with van der Waals surface area (Å²) in [6.45, 7) is 2.91. The molecule has 0 aliphatic heterocycles. The first-order valence-electron chi connectivity index (χ1n) is 8.32. The molecular formula is C16H18F6O6S2. The average molecular weight is 484 g/mol. The molecule has 14 heteroatoms. The minimum Gasteiger partial charge on any atom is -0.457 e. The lowest BCUT2D eigenvalue weighted by Crippen LogP contribution is -2.45. The summed E-state index contributed by atoms with van der Waals surface area (Å²) in [6, 6.07) is 6.31. The number of alkyl halides is 6. The van der Waals surface area contributed by atoms with Crippen LogP contribution in [0.15, 0.2) is 30.3 Å². The van der Waals surface area contributed by atoms with Gasteiger partial charge in [0.25, 0.3) is 19.7 Å². The molecule has 0 amide bonds. The molecule has 2 unspecified atom stereocenters. The zero-order valence-corrected chi connectivity index (χ0v) is 17.2. The molecule has 1 aromatic rings. The first-order valence-corrected chi connectivity index (χ1v) is 11.4. The maximum atomic E-state index is 13.0. The van der Waals surface area contributed by atoms with E-state index >= 15 is 0 Å². The van der Waals surface area contributed by atoms with E-state index in [0.717, 1.165) is 12.1 Å². The zero-order valence-electron chi connectivity index (χ0n) is 15.6. The normalized spacial score (nSPS) is 15.6. The molecule has 0 spiro atoms. The van der Waals surface area contributed by atoms with E-state index in [1.807, 2.05) is 0 Å². The zero-order chi connectivity index (χ0) is 23.5. The predicted molar refractivity (Wildman–Crippen MR) is 93.1 cm³/mol. The number of rotatable bonds is 8. The summed E-state index contributed by atoms with van der Waals surface area (Å²) in [5, 5.41) is 0. The topological polar surface area (TPSA) is 94.6 Å². The molecule has 172 valence electrons. The summed E-state index contributed by atoms with van der Waals surface area (Å²) in [7, 11) is -13.7. The van der Waals surface area contributed by atoms with Gasteiger partial charge in [-0.2, -0.15) is 26.3 Å². The molecule has 0 aliphatic carbocycles. The highest BCUT2D eigenvalue weighted by molar-refractivity contribution is 8.09. The summed E-state index contributed by atoms with van der Waals surface area (Å²) >= 11 is 0. The van der Waals surface area contributed by atoms with Gasteiger partial charge in [-0.1, -0.05) is 44.2 Å². The number of carbonyl (C=O) groups excluding carboxylic acids is 1. The lowest BCUT2D eigenvalue weighted by Gasteiger charge is -2.26. The van der Waals surface area contributed by atoms with Gasteiger partial charge in [-0.25, -0.2) is 16.8 Å². The van der Waals surface area contributed by atoms with Crippen molar-refractivity contribution in [1.82, 2.24) is 0 Å². The molecule has 2 atom stereocenters. The highest BCUT2D eigenvalue weighted by Gasteiger charge is 2.63. The molecule has 0 saturated carbocycles. The van der Waals surface area contributed by atoms with Crippen LogP contribution in [0.1, 0.15) is 38.4 Å². The second-order valence-electron chi connectivity index (χ2n) is 6.29. The van der Waals surface area contributed by atoms with Crippen LogP contribution in [0, 0.1) is 5.92 Å². The van der Waals surface area contributed by atoms with Crippen molar-refractivity contribution >= 4 is 25.6 Å². The van der Waals surface area contributed by atoms with Crippen LogP contribution in [0.25, 0.3) is 0 Å². The Labute approximate surface area is 169 Å². The van der Waals surface area contributed by atoms with E-state index in [9.17, 15) is 48.0 Å². The maximum Gasteiger partial charge on any atom is 0.498 e. The van der Waals surface area contributed by atoms with E-state index in [1.165, 1.54) is 25.1 Å². The number of benzene rings is 1. The molecule has 0 bridgehead atoms. The molecule has 0 heterocycles. The Balaban J connectivity index is 3.59. The molecule has 6 nitrogen and oxygen atoms in total. The van der Waals surface area contributed by atoms with Gasteiger partial charge in [0.1, 0.15) is 6.10 Å². The van der Waals surface area contributed by atoms with E-state index in [4.69, 9.17) is 4.74 Å². The molecule has 0 aliphatic rings. The maximum absolute atomic E-state index is 13.0. The number of hydrogen-bond acceptors (Lipinski definition) is 6. The van der Waals surface area contributed by atoms with Crippen LogP contribution in [0.4, 0.5) is 26.3 Å². The smallest absolute Gasteiger partial charge is 0.457 e. The molecule has 0 fully saturated rings. The van der Waals surface area contributed by atoms with E-state index in [0.29, 0.717) is 0 Å². The fourth-order valence-electron chi connectivity index (χ4n) is 2.24. The number of halogens is 6. The number of sulfone groups is 2. The van der Waals surface area contributed by atoms with Crippen molar-refractivity contribution in [2.75, 3.05) is 0 Å². The Hall–Kier alpha value is -1.83. The van der Waals surface area contributed by atoms with Gasteiger partial charge < -0.3 is 4.74 Å². The fraction of sp³-hybridized carbons (Fsp3) is 0.562. The van der Waals surface area contributed by atoms with Crippen LogP contribution in [0.2, 0.25) is 0 Å². The Kier molecular flexibility index (Phi) is 7.97. The summed E-state index contributed by atoms with van der Waals surface area (Å²) < 4.78 is 126. The number of carbonyl (C=O) groups is 1. The fourth-order valence-corrected chi connectivity index (χ4v) is 5.68. The molecule has 0 N–H and O–H groups in total. The number of ether oxygens (including phenoxy) is 1. The van der Waals surface area contributed by atoms with Gasteiger partial charge >= 0.3 is 17.0 Å². The standard InChI is InChI=1S/C16H18F6O6S2/c1-3-10(2)14(23)28-12(11-7-5-4-6-8-11)9-13(29(24,25)15(17,18)19)30(26,27)16(20,21)22/h4-8,10,12-13H,3,9H2,1-2H3. The SMILES string of the molecule is CCC(C)C(=O)OC(CC(S(=O)(=O)C(F)(F)F)S(=O)(=O)C(F)(F)F)c1ccccc1. The summed E-state index contributed by atoms with van der Waals surface area (Å²) in [5.74, 6) is -1.87. The van der Waals surface area contributed by atoms with E-state index < -0.39 is 59.7 Å². The predicted octanol–water partition coefficient (Wildman–Crippen LogP) is 3.90. The average Bonchev–Trinajstić information content (AvgIpc) is 2.62. The number of esters is 1. The highest BCUT2D eigenvalue weighted by Crippen LogP contribution is 2.40. The molecular weight excluding hydrogens is 466 g/mol. The highest BCUT2D eigenvalue weighted by atomic mass is 32.3. The Bertz CT molecular complexity index is 895. The molecule has 0 radical (unpaired) electrons. The summed E-state index contributed by atoms with van der Waals surface area (Å²) in [4.78, 5) is 12.1. The third-order valence-electron chi connectivity index (χ3n) is 4.19. The van der Waals surface area contributed by atoms with Crippen molar-refractivity contribution in [2.24, 2.45) is 5.92 Å². The minimum absolute atomic E-state index is 0.172. The van der Waals surface area contributed by atoms with Crippen LogP contribution in [-0.2, 0) is 29.2 Å². The monoisotopic (exact) mass is 484 g/mol. The van der Waals surface area contributed by atoms with Crippen molar-refractivity contribution in [3.8, 4) is 0 Å². The Morgan fingerprint density at radius 1 is 0.933 bits per heavy atom. The van der Waals surface area contributed by atoms with Gasteiger partial charge in [-0.05, 0) is 12.0 Å². The van der Waals surface area contributed by atoms with Gasteiger partial charge in [0.05, 0.1) is 5.92 Å². The lowest BCUT2D eigenvalue weighted by molar-refractivity contribution is -0.154. The lowest BCUT2D eigenvalue weighted by atomic mass is 10.1. The first-order chi connectivity index (χ1) is 13.5. The first kappa shape index (κ1) is 26.2. The molecule has 30 heavy (non-hydrogen) atoms. The van der Waals surface area contributed by atoms with Gasteiger partial charge in [-0.3, -0.25) is 4.79 Å². The van der Waals surface area contributed by atoms with Gasteiger partial charge in [-0.15, -0.1) is 0 Å². The third kappa shape index (κ3) is 5.65. The molecule has 1 rings (SSSR count). The molecule has 0 aromatic heterocycles. The van der Waals surface area contributed by atoms with Crippen molar-refractivity contribution in [3.63, 3.8) is 0 Å². The largest absolute Gasteiger partial charge is 0.498 e. The van der Waals surface area contributed by atoms with E-state index in [1.54, 1.807) is 6.92 Å². The second-order valence-corrected chi connectivity index (χ2v) is 10.8. The molecule has 1 aromatic carbocycles. The second kappa shape index (κ2) is 9.12.